The maximum Gasteiger partial charge on any atom is 0.164 e. The summed E-state index contributed by atoms with van der Waals surface area (Å²) in [6, 6.07) is 37.1. The molecular weight excluding hydrogens is 629 g/mol. The summed E-state index contributed by atoms with van der Waals surface area (Å²) in [6.07, 6.45) is 0. The molecule has 0 spiro atoms. The third kappa shape index (κ3) is 4.26. The topological polar surface area (TPSA) is 69.9 Å². The summed E-state index contributed by atoms with van der Waals surface area (Å²) < 4.78 is 67.4. The molecule has 11 rings (SSSR count). The van der Waals surface area contributed by atoms with Gasteiger partial charge in [-0.25, -0.2) is 15.0 Å². The number of hydrogen-bond acceptors (Lipinski definition) is 5. The number of benzene rings is 7. The maximum absolute atomic E-state index is 9.36. The highest BCUT2D eigenvalue weighted by molar-refractivity contribution is 6.24. The summed E-state index contributed by atoms with van der Waals surface area (Å²) in [5.74, 6) is 1.60. The summed E-state index contributed by atoms with van der Waals surface area (Å²) in [6.45, 7) is 0. The van der Waals surface area contributed by atoms with Gasteiger partial charge in [-0.1, -0.05) is 103 Å². The summed E-state index contributed by atoms with van der Waals surface area (Å²) in [4.78, 5) is 14.6. The van der Waals surface area contributed by atoms with Gasteiger partial charge < -0.3 is 13.4 Å². The van der Waals surface area contributed by atoms with Crippen molar-refractivity contribution in [1.29, 1.82) is 0 Å². The number of para-hydroxylation sites is 2. The molecule has 6 heteroatoms. The van der Waals surface area contributed by atoms with E-state index in [0.29, 0.717) is 66.9 Å². The molecule has 0 unspecified atom stereocenters. The van der Waals surface area contributed by atoms with Gasteiger partial charge >= 0.3 is 0 Å². The Morgan fingerprint density at radius 1 is 0.451 bits per heavy atom. The summed E-state index contributed by atoms with van der Waals surface area (Å²) in [5.41, 5.74) is 5.62. The molecule has 0 radical (unpaired) electrons. The first-order valence-corrected chi connectivity index (χ1v) is 16.4. The molecule has 0 N–H and O–H groups in total. The Morgan fingerprint density at radius 2 is 1.14 bits per heavy atom. The SMILES string of the molecule is [2H]c1cc([2H])c2oc3c(c([2H])c([2H])c4c3c3cc([2H])cc([2H])c3n4-c3ccc4oc5cc(-c6nc(-c7ccccc7)nc(-c7ccccc7)n6)ccc5c4c3)c2c1. The quantitative estimate of drug-likeness (QED) is 0.188. The Morgan fingerprint density at radius 3 is 1.90 bits per heavy atom. The molecule has 0 aliphatic rings. The van der Waals surface area contributed by atoms with Crippen LogP contribution in [0.2, 0.25) is 0 Å². The van der Waals surface area contributed by atoms with E-state index in [1.165, 1.54) is 12.1 Å². The van der Waals surface area contributed by atoms with E-state index in [1.54, 1.807) is 16.7 Å². The molecule has 4 aromatic heterocycles. The van der Waals surface area contributed by atoms with Gasteiger partial charge in [0.15, 0.2) is 17.5 Å². The van der Waals surface area contributed by atoms with E-state index in [1.807, 2.05) is 97.1 Å². The Labute approximate surface area is 299 Å². The van der Waals surface area contributed by atoms with Gasteiger partial charge in [-0.05, 0) is 54.5 Å². The van der Waals surface area contributed by atoms with Crippen LogP contribution in [0.4, 0.5) is 0 Å². The summed E-state index contributed by atoms with van der Waals surface area (Å²) >= 11 is 0. The van der Waals surface area contributed by atoms with Crippen molar-refractivity contribution in [3.63, 3.8) is 0 Å². The highest BCUT2D eigenvalue weighted by atomic mass is 16.3. The lowest BCUT2D eigenvalue weighted by molar-refractivity contribution is 0.669. The molecule has 0 aliphatic heterocycles. The average Bonchev–Trinajstić information content (AvgIpc) is 3.90. The first-order chi connectivity index (χ1) is 27.7. The zero-order chi connectivity index (χ0) is 38.7. The van der Waals surface area contributed by atoms with Crippen LogP contribution in [0.1, 0.15) is 8.22 Å². The minimum atomic E-state index is -0.116. The molecular formula is C45H26N4O2. The van der Waals surface area contributed by atoms with Crippen molar-refractivity contribution >= 4 is 65.7 Å². The zero-order valence-corrected chi connectivity index (χ0v) is 26.7. The van der Waals surface area contributed by atoms with E-state index >= 15 is 0 Å². The molecule has 4 heterocycles. The second-order valence-electron chi connectivity index (χ2n) is 12.4. The summed E-state index contributed by atoms with van der Waals surface area (Å²) in [7, 11) is 0. The van der Waals surface area contributed by atoms with Gasteiger partial charge in [-0.2, -0.15) is 0 Å². The second-order valence-corrected chi connectivity index (χ2v) is 12.4. The van der Waals surface area contributed by atoms with E-state index in [4.69, 9.17) is 29.3 Å². The van der Waals surface area contributed by atoms with Crippen molar-refractivity contribution in [2.24, 2.45) is 0 Å². The molecule has 11 aromatic rings. The number of hydrogen-bond donors (Lipinski definition) is 0. The highest BCUT2D eigenvalue weighted by Gasteiger charge is 2.20. The van der Waals surface area contributed by atoms with Gasteiger partial charge in [0.05, 0.1) is 24.6 Å². The van der Waals surface area contributed by atoms with E-state index < -0.39 is 0 Å². The zero-order valence-electron chi connectivity index (χ0n) is 32.7. The van der Waals surface area contributed by atoms with Crippen LogP contribution in [0.3, 0.4) is 0 Å². The minimum absolute atomic E-state index is 0.00286. The average molecular weight is 661 g/mol. The van der Waals surface area contributed by atoms with E-state index in [9.17, 15) is 2.74 Å². The van der Waals surface area contributed by atoms with Crippen LogP contribution in [-0.2, 0) is 0 Å². The van der Waals surface area contributed by atoms with Crippen LogP contribution in [0.25, 0.3) is 106 Å². The van der Waals surface area contributed by atoms with Crippen molar-refractivity contribution in [2.75, 3.05) is 0 Å². The number of nitrogens with zero attached hydrogens (tertiary/aromatic N) is 4. The van der Waals surface area contributed by atoms with Gasteiger partial charge in [0, 0.05) is 49.3 Å². The molecule has 7 aromatic carbocycles. The van der Waals surface area contributed by atoms with Crippen LogP contribution in [0.15, 0.2) is 166 Å². The van der Waals surface area contributed by atoms with Crippen LogP contribution in [-0.4, -0.2) is 19.5 Å². The highest BCUT2D eigenvalue weighted by Crippen LogP contribution is 2.41. The lowest BCUT2D eigenvalue weighted by Crippen LogP contribution is -2.00. The third-order valence-corrected chi connectivity index (χ3v) is 9.39. The molecule has 0 aliphatic carbocycles. The number of furan rings is 2. The molecule has 0 saturated heterocycles. The first kappa shape index (κ1) is 22.6. The summed E-state index contributed by atoms with van der Waals surface area (Å²) in [5, 5.41) is 3.34. The van der Waals surface area contributed by atoms with Crippen molar-refractivity contribution in [3.8, 4) is 39.9 Å². The maximum atomic E-state index is 9.36. The lowest BCUT2D eigenvalue weighted by atomic mass is 10.1. The van der Waals surface area contributed by atoms with Crippen molar-refractivity contribution in [2.45, 2.75) is 0 Å². The monoisotopic (exact) mass is 660 g/mol. The molecule has 0 bridgehead atoms. The largest absolute Gasteiger partial charge is 0.456 e. The number of aromatic nitrogens is 4. The van der Waals surface area contributed by atoms with Gasteiger partial charge in [0.25, 0.3) is 0 Å². The van der Waals surface area contributed by atoms with E-state index in [-0.39, 0.29) is 47.4 Å². The van der Waals surface area contributed by atoms with E-state index in [2.05, 4.69) is 0 Å². The van der Waals surface area contributed by atoms with Gasteiger partial charge in [0.1, 0.15) is 22.3 Å². The van der Waals surface area contributed by atoms with Crippen molar-refractivity contribution in [1.82, 2.24) is 19.5 Å². The minimum Gasteiger partial charge on any atom is -0.456 e. The molecule has 0 saturated carbocycles. The molecule has 51 heavy (non-hydrogen) atoms. The molecule has 6 nitrogen and oxygen atoms in total. The molecule has 0 amide bonds. The van der Waals surface area contributed by atoms with Gasteiger partial charge in [-0.3, -0.25) is 0 Å². The number of rotatable bonds is 4. The van der Waals surface area contributed by atoms with Crippen LogP contribution in [0, 0.1) is 0 Å². The van der Waals surface area contributed by atoms with Crippen LogP contribution in [0.5, 0.6) is 0 Å². The Kier molecular flexibility index (Phi) is 4.74. The Balaban J connectivity index is 1.12. The molecule has 238 valence electrons. The fraction of sp³-hybridized carbons (Fsp3) is 0. The molecule has 0 fully saturated rings. The number of fused-ring (bicyclic) bond motifs is 10. The van der Waals surface area contributed by atoms with Crippen molar-refractivity contribution in [3.05, 3.63) is 158 Å². The Hall–Kier alpha value is -7.05. The van der Waals surface area contributed by atoms with Crippen LogP contribution < -0.4 is 0 Å². The van der Waals surface area contributed by atoms with Gasteiger partial charge in [0.2, 0.25) is 0 Å². The fourth-order valence-electron chi connectivity index (χ4n) is 7.04. The lowest BCUT2D eigenvalue weighted by Gasteiger charge is -2.08. The second kappa shape index (κ2) is 10.7. The molecule has 0 atom stereocenters. The van der Waals surface area contributed by atoms with Crippen molar-refractivity contribution < 1.29 is 17.1 Å². The normalized spacial score (nSPS) is 13.6. The third-order valence-electron chi connectivity index (χ3n) is 9.39. The Bertz CT molecular complexity index is 3430. The van der Waals surface area contributed by atoms with Gasteiger partial charge in [-0.15, -0.1) is 0 Å². The predicted octanol–water partition coefficient (Wildman–Crippen LogP) is 11.8. The van der Waals surface area contributed by atoms with Crippen LogP contribution >= 0.6 is 0 Å². The first-order valence-electron chi connectivity index (χ1n) is 19.4. The van der Waals surface area contributed by atoms with E-state index in [0.717, 1.165) is 27.5 Å². The fourth-order valence-corrected chi connectivity index (χ4v) is 7.04. The smallest absolute Gasteiger partial charge is 0.164 e. The predicted molar refractivity (Wildman–Crippen MR) is 205 cm³/mol. The standard InChI is InChI=1S/C45H26N4O2/c1-3-11-27(12-4-1)43-46-44(28-13-5-2-6-14-28)48-45(47-43)29-19-21-32-35-26-30(20-24-39(35)50-40(32)25-29)49-36-17-9-7-16-34(36)41-37(49)23-22-33-31-15-8-10-18-38(31)51-42(33)41/h1-26H/i7D,8D,17D,18D,22D,23D.